The minimum atomic E-state index is -0.218. The Balaban J connectivity index is 1.79. The fourth-order valence-electron chi connectivity index (χ4n) is 1.83. The molecule has 2 heterocycles. The molecular weight excluding hydrogens is 254 g/mol. The molecule has 1 aromatic rings. The molecule has 8 heteroatoms. The van der Waals surface area contributed by atoms with E-state index in [0.29, 0.717) is 10.1 Å². The van der Waals surface area contributed by atoms with Crippen LogP contribution in [0.15, 0.2) is 0 Å². The van der Waals surface area contributed by atoms with Gasteiger partial charge < -0.3 is 15.8 Å². The molecule has 100 valence electrons. The molecule has 7 nitrogen and oxygen atoms in total. The first-order chi connectivity index (χ1) is 8.65. The summed E-state index contributed by atoms with van der Waals surface area (Å²) in [5.41, 5.74) is 5.44. The molecule has 0 spiro atoms. The normalized spacial score (nSPS) is 18.5. The third-order valence-electron chi connectivity index (χ3n) is 2.65. The van der Waals surface area contributed by atoms with Crippen LogP contribution in [0, 0.1) is 0 Å². The third-order valence-corrected chi connectivity index (χ3v) is 3.40. The van der Waals surface area contributed by atoms with E-state index in [4.69, 9.17) is 10.5 Å². The number of nitrogen functional groups attached to an aromatic ring is 1. The second-order valence-electron chi connectivity index (χ2n) is 4.23. The van der Waals surface area contributed by atoms with Gasteiger partial charge in [0.15, 0.2) is 0 Å². The summed E-state index contributed by atoms with van der Waals surface area (Å²) >= 11 is 1.09. The average molecular weight is 271 g/mol. The topological polar surface area (TPSA) is 93.4 Å². The summed E-state index contributed by atoms with van der Waals surface area (Å²) in [5, 5.41) is 10.8. The Bertz CT molecular complexity index is 405. The van der Waals surface area contributed by atoms with Crippen molar-refractivity contribution in [3.05, 3.63) is 5.01 Å². The number of nitrogens with two attached hydrogens (primary N) is 1. The van der Waals surface area contributed by atoms with Gasteiger partial charge in [0.05, 0.1) is 13.2 Å². The Morgan fingerprint density at radius 2 is 2.28 bits per heavy atom. The van der Waals surface area contributed by atoms with Crippen LogP contribution < -0.4 is 11.1 Å². The van der Waals surface area contributed by atoms with E-state index in [1.807, 2.05) is 6.92 Å². The van der Waals surface area contributed by atoms with Crippen LogP contribution in [0.3, 0.4) is 0 Å². The Morgan fingerprint density at radius 1 is 1.56 bits per heavy atom. The van der Waals surface area contributed by atoms with Crippen molar-refractivity contribution in [2.24, 2.45) is 0 Å². The summed E-state index contributed by atoms with van der Waals surface area (Å²) in [6.07, 6.45) is 0. The number of morpholine rings is 1. The van der Waals surface area contributed by atoms with Crippen LogP contribution in [0.5, 0.6) is 0 Å². The number of carbonyl (C=O) groups excluding carboxylic acids is 1. The summed E-state index contributed by atoms with van der Waals surface area (Å²) in [5.74, 6) is -0.218. The van der Waals surface area contributed by atoms with Gasteiger partial charge in [-0.3, -0.25) is 9.69 Å². The molecule has 1 saturated heterocycles. The maximum absolute atomic E-state index is 11.8. The highest BCUT2D eigenvalue weighted by Crippen LogP contribution is 2.10. The second-order valence-corrected chi connectivity index (χ2v) is 5.24. The lowest BCUT2D eigenvalue weighted by atomic mass is 10.3. The number of hydrogen-bond acceptors (Lipinski definition) is 7. The van der Waals surface area contributed by atoms with Crippen molar-refractivity contribution in [1.82, 2.24) is 20.4 Å². The predicted octanol–water partition coefficient (Wildman–Crippen LogP) is -0.429. The highest BCUT2D eigenvalue weighted by atomic mass is 32.1. The molecule has 3 N–H and O–H groups in total. The zero-order chi connectivity index (χ0) is 13.0. The van der Waals surface area contributed by atoms with E-state index in [0.717, 1.165) is 44.2 Å². The third kappa shape index (κ3) is 3.62. The molecule has 1 aliphatic rings. The molecule has 1 fully saturated rings. The van der Waals surface area contributed by atoms with Gasteiger partial charge in [0.2, 0.25) is 10.1 Å². The number of ether oxygens (including phenoxy) is 1. The fraction of sp³-hybridized carbons (Fsp3) is 0.700. The maximum atomic E-state index is 11.8. The van der Waals surface area contributed by atoms with Crippen LogP contribution in [0.1, 0.15) is 16.7 Å². The van der Waals surface area contributed by atoms with Gasteiger partial charge in [0.25, 0.3) is 5.91 Å². The second kappa shape index (κ2) is 6.07. The van der Waals surface area contributed by atoms with Gasteiger partial charge >= 0.3 is 0 Å². The minimum absolute atomic E-state index is 0.0562. The van der Waals surface area contributed by atoms with Crippen molar-refractivity contribution < 1.29 is 9.53 Å². The van der Waals surface area contributed by atoms with Crippen molar-refractivity contribution in [3.8, 4) is 0 Å². The number of nitrogens with one attached hydrogen (secondary N) is 1. The van der Waals surface area contributed by atoms with Gasteiger partial charge in [-0.25, -0.2) is 0 Å². The first-order valence-electron chi connectivity index (χ1n) is 5.85. The molecular formula is C10H17N5O2S. The monoisotopic (exact) mass is 271 g/mol. The molecule has 1 amide bonds. The molecule has 2 rings (SSSR count). The first-order valence-corrected chi connectivity index (χ1v) is 6.67. The predicted molar refractivity (Wildman–Crippen MR) is 68.5 cm³/mol. The largest absolute Gasteiger partial charge is 0.379 e. The Labute approximate surface area is 109 Å². The Kier molecular flexibility index (Phi) is 4.45. The standard InChI is InChI=1S/C10H17N5O2S/c1-7(6-15-2-4-17-5-3-15)12-8(16)9-13-14-10(11)18-9/h7H,2-6H2,1H3,(H2,11,14)(H,12,16). The van der Waals surface area contributed by atoms with Gasteiger partial charge in [-0.2, -0.15) is 0 Å². The molecule has 0 radical (unpaired) electrons. The van der Waals surface area contributed by atoms with E-state index < -0.39 is 0 Å². The number of rotatable bonds is 4. The molecule has 1 unspecified atom stereocenters. The van der Waals surface area contributed by atoms with E-state index in [9.17, 15) is 4.79 Å². The molecule has 18 heavy (non-hydrogen) atoms. The highest BCUT2D eigenvalue weighted by Gasteiger charge is 2.17. The van der Waals surface area contributed by atoms with Crippen molar-refractivity contribution >= 4 is 22.4 Å². The summed E-state index contributed by atoms with van der Waals surface area (Å²) in [6, 6.07) is 0.0562. The lowest BCUT2D eigenvalue weighted by Crippen LogP contribution is -2.46. The number of amides is 1. The van der Waals surface area contributed by atoms with Crippen LogP contribution in [0.4, 0.5) is 5.13 Å². The van der Waals surface area contributed by atoms with Crippen molar-refractivity contribution in [1.29, 1.82) is 0 Å². The maximum Gasteiger partial charge on any atom is 0.282 e. The molecule has 0 aliphatic carbocycles. The zero-order valence-corrected chi connectivity index (χ0v) is 11.1. The quantitative estimate of drug-likeness (QED) is 0.772. The van der Waals surface area contributed by atoms with E-state index in [-0.39, 0.29) is 11.9 Å². The van der Waals surface area contributed by atoms with Crippen LogP contribution >= 0.6 is 11.3 Å². The summed E-state index contributed by atoms with van der Waals surface area (Å²) in [4.78, 5) is 14.1. The number of carbonyl (C=O) groups is 1. The first kappa shape index (κ1) is 13.2. The lowest BCUT2D eigenvalue weighted by molar-refractivity contribution is 0.0342. The fourth-order valence-corrected chi connectivity index (χ4v) is 2.34. The van der Waals surface area contributed by atoms with E-state index >= 15 is 0 Å². The van der Waals surface area contributed by atoms with Crippen molar-refractivity contribution in [2.75, 3.05) is 38.6 Å². The van der Waals surface area contributed by atoms with E-state index in [1.165, 1.54) is 0 Å². The van der Waals surface area contributed by atoms with Crippen LogP contribution in [0.25, 0.3) is 0 Å². The van der Waals surface area contributed by atoms with Gasteiger partial charge in [0.1, 0.15) is 0 Å². The Hall–Kier alpha value is -1.25. The molecule has 0 saturated carbocycles. The SMILES string of the molecule is CC(CN1CCOCC1)NC(=O)c1nnc(N)s1. The number of nitrogens with zero attached hydrogens (tertiary/aromatic N) is 3. The average Bonchev–Trinajstić information content (AvgIpc) is 2.77. The molecule has 0 aromatic carbocycles. The molecule has 1 aliphatic heterocycles. The number of hydrogen-bond donors (Lipinski definition) is 2. The van der Waals surface area contributed by atoms with Crippen molar-refractivity contribution in [2.45, 2.75) is 13.0 Å². The summed E-state index contributed by atoms with van der Waals surface area (Å²) in [7, 11) is 0. The van der Waals surface area contributed by atoms with Gasteiger partial charge in [0, 0.05) is 25.7 Å². The van der Waals surface area contributed by atoms with Gasteiger partial charge in [-0.05, 0) is 6.92 Å². The molecule has 1 atom stereocenters. The van der Waals surface area contributed by atoms with Gasteiger partial charge in [-0.1, -0.05) is 11.3 Å². The smallest absolute Gasteiger partial charge is 0.282 e. The van der Waals surface area contributed by atoms with Crippen LogP contribution in [0.2, 0.25) is 0 Å². The number of aromatic nitrogens is 2. The Morgan fingerprint density at radius 3 is 2.89 bits per heavy atom. The number of anilines is 1. The van der Waals surface area contributed by atoms with Crippen LogP contribution in [-0.4, -0.2) is 59.9 Å². The van der Waals surface area contributed by atoms with E-state index in [1.54, 1.807) is 0 Å². The molecule has 1 aromatic heterocycles. The van der Waals surface area contributed by atoms with Crippen molar-refractivity contribution in [3.63, 3.8) is 0 Å². The van der Waals surface area contributed by atoms with Crippen LogP contribution in [-0.2, 0) is 4.74 Å². The molecule has 0 bridgehead atoms. The van der Waals surface area contributed by atoms with Gasteiger partial charge in [-0.15, -0.1) is 10.2 Å². The highest BCUT2D eigenvalue weighted by molar-refractivity contribution is 7.16. The zero-order valence-electron chi connectivity index (χ0n) is 10.3. The summed E-state index contributed by atoms with van der Waals surface area (Å²) in [6.45, 7) is 6.11. The van der Waals surface area contributed by atoms with E-state index in [2.05, 4.69) is 20.4 Å². The minimum Gasteiger partial charge on any atom is -0.379 e. The summed E-state index contributed by atoms with van der Waals surface area (Å²) < 4.78 is 5.27. The lowest BCUT2D eigenvalue weighted by Gasteiger charge is -2.29.